The van der Waals surface area contributed by atoms with Crippen LogP contribution in [0.15, 0.2) is 59.0 Å². The van der Waals surface area contributed by atoms with Crippen molar-refractivity contribution in [3.8, 4) is 11.3 Å². The summed E-state index contributed by atoms with van der Waals surface area (Å²) in [5.41, 5.74) is 6.42. The Hall–Kier alpha value is -3.74. The molecule has 1 aromatic carbocycles. The van der Waals surface area contributed by atoms with Gasteiger partial charge in [-0.1, -0.05) is 34.5 Å². The van der Waals surface area contributed by atoms with Gasteiger partial charge in [0.25, 0.3) is 10.0 Å². The van der Waals surface area contributed by atoms with Gasteiger partial charge >= 0.3 is 5.97 Å². The Morgan fingerprint density at radius 3 is 2.54 bits per heavy atom. The lowest BCUT2D eigenvalue weighted by molar-refractivity contribution is -0.174. The molecule has 192 valence electrons. The van der Waals surface area contributed by atoms with E-state index in [-0.39, 0.29) is 50.9 Å². The molecule has 0 aliphatic heterocycles. The Balaban J connectivity index is 1.70. The second-order valence-corrected chi connectivity index (χ2v) is 11.2. The Kier molecular flexibility index (Phi) is 6.05. The zero-order valence-corrected chi connectivity index (χ0v) is 21.5. The summed E-state index contributed by atoms with van der Waals surface area (Å²) in [5, 5.41) is 18.4. The monoisotopic (exact) mass is 542 g/mol. The summed E-state index contributed by atoms with van der Waals surface area (Å²) in [6, 6.07) is 8.00. The highest BCUT2D eigenvalue weighted by molar-refractivity contribution is 7.90. The van der Waals surface area contributed by atoms with Crippen molar-refractivity contribution in [1.82, 2.24) is 18.7 Å². The van der Waals surface area contributed by atoms with Crippen LogP contribution in [0.25, 0.3) is 22.3 Å². The van der Waals surface area contributed by atoms with Gasteiger partial charge in [0.2, 0.25) is 0 Å². The summed E-state index contributed by atoms with van der Waals surface area (Å²) in [4.78, 5) is 21.5. The molecular formula is C24H23ClN6O5S. The molecule has 4 aromatic rings. The lowest BCUT2D eigenvalue weighted by Gasteiger charge is -2.32. The van der Waals surface area contributed by atoms with E-state index in [2.05, 4.69) is 15.2 Å². The lowest BCUT2D eigenvalue weighted by atomic mass is 9.80. The van der Waals surface area contributed by atoms with Gasteiger partial charge in [-0.2, -0.15) is 5.10 Å². The molecule has 0 spiro atoms. The minimum Gasteiger partial charge on any atom is -0.380 e. The predicted octanol–water partition coefficient (Wildman–Crippen LogP) is 2.71. The second-order valence-electron chi connectivity index (χ2n) is 8.97. The van der Waals surface area contributed by atoms with Crippen LogP contribution in [0, 0.1) is 6.92 Å². The molecule has 3 N–H and O–H groups in total. The molecule has 5 rings (SSSR count). The number of aliphatic hydroxyl groups is 1. The van der Waals surface area contributed by atoms with E-state index in [0.717, 1.165) is 9.54 Å². The largest absolute Gasteiger partial charge is 0.380 e. The molecule has 3 heterocycles. The van der Waals surface area contributed by atoms with Gasteiger partial charge in [-0.25, -0.2) is 22.2 Å². The maximum Gasteiger partial charge on any atom is 0.366 e. The number of benzene rings is 1. The topological polar surface area (TPSA) is 155 Å². The van der Waals surface area contributed by atoms with Crippen LogP contribution in [-0.2, 0) is 26.7 Å². The second kappa shape index (κ2) is 8.98. The molecule has 1 aliphatic rings. The third-order valence-corrected chi connectivity index (χ3v) is 8.35. The van der Waals surface area contributed by atoms with E-state index in [1.54, 1.807) is 31.4 Å². The van der Waals surface area contributed by atoms with Gasteiger partial charge < -0.3 is 15.7 Å². The highest BCUT2D eigenvalue weighted by atomic mass is 35.5. The third kappa shape index (κ3) is 4.26. The summed E-state index contributed by atoms with van der Waals surface area (Å²) < 4.78 is 30.3. The van der Waals surface area contributed by atoms with Crippen LogP contribution in [0.4, 0.5) is 0 Å². The van der Waals surface area contributed by atoms with E-state index in [1.165, 1.54) is 29.2 Å². The van der Waals surface area contributed by atoms with Crippen molar-refractivity contribution < 1.29 is 23.2 Å². The van der Waals surface area contributed by atoms with Crippen LogP contribution in [0.3, 0.4) is 0 Å². The first-order valence-corrected chi connectivity index (χ1v) is 13.1. The lowest BCUT2D eigenvalue weighted by Crippen LogP contribution is -2.45. The van der Waals surface area contributed by atoms with E-state index in [1.807, 2.05) is 6.92 Å². The van der Waals surface area contributed by atoms with Gasteiger partial charge in [-0.05, 0) is 44.4 Å². The minimum atomic E-state index is -4.13. The van der Waals surface area contributed by atoms with Crippen molar-refractivity contribution in [2.45, 2.75) is 36.7 Å². The zero-order chi connectivity index (χ0) is 26.5. The Morgan fingerprint density at radius 1 is 1.24 bits per heavy atom. The summed E-state index contributed by atoms with van der Waals surface area (Å²) in [5.74, 6) is -1.20. The van der Waals surface area contributed by atoms with Crippen molar-refractivity contribution in [2.75, 3.05) is 0 Å². The van der Waals surface area contributed by atoms with Crippen LogP contribution in [-0.4, -0.2) is 49.7 Å². The molecule has 0 saturated heterocycles. The first-order chi connectivity index (χ1) is 17.5. The van der Waals surface area contributed by atoms with Gasteiger partial charge in [0, 0.05) is 30.4 Å². The Morgan fingerprint density at radius 2 is 1.95 bits per heavy atom. The summed E-state index contributed by atoms with van der Waals surface area (Å²) >= 11 is 6.41. The van der Waals surface area contributed by atoms with Crippen LogP contribution >= 0.6 is 11.6 Å². The summed E-state index contributed by atoms with van der Waals surface area (Å²) in [7, 11) is -2.42. The molecule has 0 bridgehead atoms. The minimum absolute atomic E-state index is 0.0425. The number of aromatic nitrogens is 4. The molecule has 37 heavy (non-hydrogen) atoms. The number of amidine groups is 1. The number of carbonyl (C=O) groups excluding carboxylic acids is 1. The number of hydrogen-bond acceptors (Lipinski definition) is 8. The molecule has 0 unspecified atom stereocenters. The molecular weight excluding hydrogens is 520 g/mol. The molecule has 1 aliphatic carbocycles. The number of nitrogens with zero attached hydrogens (tertiary/aromatic N) is 5. The molecule has 13 heteroatoms. The fraction of sp³-hybridized carbons (Fsp3) is 0.250. The number of fused-ring (bicyclic) bond motifs is 1. The molecule has 0 amide bonds. The molecule has 3 aromatic heterocycles. The number of halogens is 1. The van der Waals surface area contributed by atoms with Crippen LogP contribution < -0.4 is 5.73 Å². The van der Waals surface area contributed by atoms with E-state index >= 15 is 0 Å². The first-order valence-electron chi connectivity index (χ1n) is 11.3. The average molecular weight is 543 g/mol. The smallest absolute Gasteiger partial charge is 0.366 e. The van der Waals surface area contributed by atoms with Crippen molar-refractivity contribution in [3.63, 3.8) is 0 Å². The molecule has 1 saturated carbocycles. The van der Waals surface area contributed by atoms with Crippen molar-refractivity contribution in [3.05, 3.63) is 65.1 Å². The Labute approximate surface area is 217 Å². The molecule has 0 radical (unpaired) electrons. The number of oxime groups is 1. The number of hydrogen-bond donors (Lipinski definition) is 2. The number of pyridine rings is 1. The number of nitrogens with two attached hydrogens (primary N) is 1. The molecule has 11 nitrogen and oxygen atoms in total. The normalized spacial score (nSPS) is 15.5. The zero-order valence-electron chi connectivity index (χ0n) is 19.9. The number of carbonyl (C=O) groups is 1. The van der Waals surface area contributed by atoms with Gasteiger partial charge in [0.15, 0.2) is 17.1 Å². The van der Waals surface area contributed by atoms with Gasteiger partial charge in [0.1, 0.15) is 0 Å². The van der Waals surface area contributed by atoms with Crippen LogP contribution in [0.5, 0.6) is 0 Å². The highest BCUT2D eigenvalue weighted by Crippen LogP contribution is 2.35. The van der Waals surface area contributed by atoms with Gasteiger partial charge in [-0.3, -0.25) is 4.68 Å². The van der Waals surface area contributed by atoms with Crippen LogP contribution in [0.2, 0.25) is 5.02 Å². The van der Waals surface area contributed by atoms with Gasteiger partial charge in [0.05, 0.1) is 27.4 Å². The number of aryl methyl sites for hydroxylation is 2. The quantitative estimate of drug-likeness (QED) is 0.163. The average Bonchev–Trinajstić information content (AvgIpc) is 3.44. The van der Waals surface area contributed by atoms with E-state index in [0.29, 0.717) is 12.0 Å². The maximum absolute atomic E-state index is 13.9. The third-order valence-electron chi connectivity index (χ3n) is 6.35. The fourth-order valence-corrected chi connectivity index (χ4v) is 5.84. The maximum atomic E-state index is 13.9. The standard InChI is InChI=1S/C24H23ClN6O5S/c1-14-4-6-16(7-5-14)37(34,35)31-19(15-11-28-30(2)13-15)10-17-20(18(25)12-27-22(17)31)21(26)29-36-23(32)24(33)8-3-9-24/h4-7,10-13,33H,3,8-9H2,1-2H3,(H2,26,29). The molecule has 0 atom stereocenters. The highest BCUT2D eigenvalue weighted by Gasteiger charge is 2.44. The number of rotatable bonds is 6. The predicted molar refractivity (Wildman–Crippen MR) is 136 cm³/mol. The summed E-state index contributed by atoms with van der Waals surface area (Å²) in [6.07, 6.45) is 5.68. The van der Waals surface area contributed by atoms with Crippen molar-refractivity contribution >= 4 is 44.5 Å². The van der Waals surface area contributed by atoms with E-state index in [9.17, 15) is 18.3 Å². The van der Waals surface area contributed by atoms with Crippen molar-refractivity contribution in [1.29, 1.82) is 0 Å². The first kappa shape index (κ1) is 24.9. The summed E-state index contributed by atoms with van der Waals surface area (Å²) in [6.45, 7) is 1.86. The van der Waals surface area contributed by atoms with E-state index in [4.69, 9.17) is 22.2 Å². The SMILES string of the molecule is Cc1ccc(S(=O)(=O)n2c(-c3cnn(C)c3)cc3c(/C(N)=N/OC(=O)C4(O)CCC4)c(Cl)cnc32)cc1. The van der Waals surface area contributed by atoms with Crippen LogP contribution in [0.1, 0.15) is 30.4 Å². The van der Waals surface area contributed by atoms with Crippen molar-refractivity contribution in [2.24, 2.45) is 17.9 Å². The Bertz CT molecular complexity index is 1670. The van der Waals surface area contributed by atoms with E-state index < -0.39 is 21.6 Å². The van der Waals surface area contributed by atoms with Gasteiger partial charge in [-0.15, -0.1) is 0 Å². The fourth-order valence-electron chi connectivity index (χ4n) is 4.11. The molecule has 1 fully saturated rings.